The van der Waals surface area contributed by atoms with E-state index in [0.717, 1.165) is 38.5 Å². The number of hydrogen-bond acceptors (Lipinski definition) is 12. The van der Waals surface area contributed by atoms with Gasteiger partial charge in [-0.25, -0.2) is 0 Å². The second-order valence-electron chi connectivity index (χ2n) is 20.2. The van der Waals surface area contributed by atoms with Crippen LogP contribution < -0.4 is 0 Å². The van der Waals surface area contributed by atoms with Crippen LogP contribution in [0.15, 0.2) is 23.3 Å². The molecule has 7 aliphatic rings. The van der Waals surface area contributed by atoms with Crippen molar-refractivity contribution in [2.24, 2.45) is 44.3 Å². The summed E-state index contributed by atoms with van der Waals surface area (Å²) in [6, 6.07) is 0. The molecule has 2 aliphatic heterocycles. The lowest BCUT2D eigenvalue weighted by Crippen LogP contribution is -2.68. The van der Waals surface area contributed by atoms with E-state index in [-0.39, 0.29) is 59.2 Å². The Balaban J connectivity index is 1.12. The minimum absolute atomic E-state index is 0.0183. The van der Waals surface area contributed by atoms with Crippen molar-refractivity contribution in [1.29, 1.82) is 0 Å². The lowest BCUT2D eigenvalue weighted by atomic mass is 9.35. The van der Waals surface area contributed by atoms with Gasteiger partial charge in [-0.2, -0.15) is 0 Å². The van der Waals surface area contributed by atoms with E-state index in [2.05, 4.69) is 67.5 Å². The van der Waals surface area contributed by atoms with Crippen LogP contribution in [0.4, 0.5) is 0 Å². The molecule has 2 saturated heterocycles. The van der Waals surface area contributed by atoms with E-state index in [1.54, 1.807) is 0 Å². The Kier molecular flexibility index (Phi) is 10.1. The first-order valence-electron chi connectivity index (χ1n) is 19.9. The van der Waals surface area contributed by atoms with Gasteiger partial charge in [0.1, 0.15) is 42.7 Å². The monoisotopic (exact) mass is 750 g/mol. The SMILES string of the molecule is CC1(C)CC2=C3C=CC4C5(C)C(O)CC(OC6OC(COC7OCC(O)C(O)C7O)C(O)C(O)C6O)C(C)(C)C5CCC4(C)C3(C)CCC2(C)C(O)C1. The van der Waals surface area contributed by atoms with Crippen LogP contribution in [0.25, 0.3) is 0 Å². The molecule has 0 aromatic heterocycles. The van der Waals surface area contributed by atoms with Gasteiger partial charge in [-0.1, -0.05) is 73.1 Å². The maximum absolute atomic E-state index is 12.3. The lowest BCUT2D eigenvalue weighted by molar-refractivity contribution is -0.344. The summed E-state index contributed by atoms with van der Waals surface area (Å²) in [6.45, 7) is 17.6. The van der Waals surface area contributed by atoms with Crippen molar-refractivity contribution in [3.8, 4) is 0 Å². The molecule has 7 rings (SSSR count). The maximum atomic E-state index is 12.3. The average molecular weight is 751 g/mol. The van der Waals surface area contributed by atoms with Crippen LogP contribution in [0.3, 0.4) is 0 Å². The Labute approximate surface area is 314 Å². The quantitative estimate of drug-likeness (QED) is 0.191. The van der Waals surface area contributed by atoms with Crippen molar-refractivity contribution in [2.75, 3.05) is 13.2 Å². The molecule has 12 heteroatoms. The Morgan fingerprint density at radius 1 is 0.774 bits per heavy atom. The topological polar surface area (TPSA) is 199 Å². The molecule has 2 heterocycles. The predicted molar refractivity (Wildman–Crippen MR) is 193 cm³/mol. The van der Waals surface area contributed by atoms with Crippen LogP contribution in [0.2, 0.25) is 0 Å². The summed E-state index contributed by atoms with van der Waals surface area (Å²) in [5.41, 5.74) is 1.37. The fraction of sp³-hybridized carbons (Fsp3) is 0.902. The summed E-state index contributed by atoms with van der Waals surface area (Å²) in [4.78, 5) is 0. The number of aliphatic hydroxyl groups is 8. The van der Waals surface area contributed by atoms with Gasteiger partial charge in [0.25, 0.3) is 0 Å². The first-order chi connectivity index (χ1) is 24.5. The maximum Gasteiger partial charge on any atom is 0.186 e. The number of hydrogen-bond donors (Lipinski definition) is 8. The molecule has 0 aromatic rings. The highest BCUT2D eigenvalue weighted by Gasteiger charge is 2.69. The molecule has 302 valence electrons. The van der Waals surface area contributed by atoms with E-state index in [4.69, 9.17) is 18.9 Å². The summed E-state index contributed by atoms with van der Waals surface area (Å²) >= 11 is 0. The van der Waals surface area contributed by atoms with E-state index in [0.29, 0.717) is 0 Å². The molecule has 0 radical (unpaired) electrons. The van der Waals surface area contributed by atoms with Crippen molar-refractivity contribution < 1.29 is 59.8 Å². The van der Waals surface area contributed by atoms with Gasteiger partial charge in [-0.05, 0) is 77.6 Å². The van der Waals surface area contributed by atoms with Crippen molar-refractivity contribution in [3.63, 3.8) is 0 Å². The number of rotatable bonds is 5. The molecule has 0 bridgehead atoms. The summed E-state index contributed by atoms with van der Waals surface area (Å²) in [7, 11) is 0. The third-order valence-electron chi connectivity index (χ3n) is 16.4. The molecule has 5 fully saturated rings. The number of allylic oxidation sites excluding steroid dienone is 3. The van der Waals surface area contributed by atoms with Gasteiger partial charge in [0.05, 0.1) is 31.5 Å². The van der Waals surface area contributed by atoms with Crippen LogP contribution in [0.5, 0.6) is 0 Å². The third-order valence-corrected chi connectivity index (χ3v) is 16.4. The molecule has 12 nitrogen and oxygen atoms in total. The van der Waals surface area contributed by atoms with Gasteiger partial charge in [0.15, 0.2) is 12.6 Å². The first-order valence-corrected chi connectivity index (χ1v) is 19.9. The van der Waals surface area contributed by atoms with Gasteiger partial charge >= 0.3 is 0 Å². The van der Waals surface area contributed by atoms with Gasteiger partial charge < -0.3 is 59.8 Å². The molecule has 5 aliphatic carbocycles. The lowest BCUT2D eigenvalue weighted by Gasteiger charge is -2.70. The minimum atomic E-state index is -1.63. The van der Waals surface area contributed by atoms with E-state index < -0.39 is 78.3 Å². The molecule has 8 N–H and O–H groups in total. The van der Waals surface area contributed by atoms with Gasteiger partial charge in [0.2, 0.25) is 0 Å². The van der Waals surface area contributed by atoms with Crippen molar-refractivity contribution in [2.45, 2.75) is 174 Å². The number of ether oxygens (including phenoxy) is 4. The Morgan fingerprint density at radius 3 is 2.15 bits per heavy atom. The standard InChI is InChI=1S/C41H66O12/c1-36(2)16-21-20-9-10-25-40(7,39(20,6)14-13-38(21,5)27(44)17-36)12-11-24-37(3,4)28(15-26(43)41(24,25)8)53-35-33(49)31(47)30(46)23(52-35)19-51-34-32(48)29(45)22(42)18-50-34/h9-10,22-35,42-49H,11-19H2,1-8H3. The second-order valence-corrected chi connectivity index (χ2v) is 20.2. The molecule has 53 heavy (non-hydrogen) atoms. The zero-order valence-electron chi connectivity index (χ0n) is 32.8. The van der Waals surface area contributed by atoms with Gasteiger partial charge in [-0.15, -0.1) is 0 Å². The Bertz CT molecular complexity index is 1460. The largest absolute Gasteiger partial charge is 0.392 e. The average Bonchev–Trinajstić information content (AvgIpc) is 3.07. The van der Waals surface area contributed by atoms with E-state index in [1.807, 2.05) is 0 Å². The molecule has 18 atom stereocenters. The molecular formula is C41H66O12. The predicted octanol–water partition coefficient (Wildman–Crippen LogP) is 2.32. The summed E-state index contributed by atoms with van der Waals surface area (Å²) in [6.07, 6.45) is -4.08. The zero-order valence-corrected chi connectivity index (χ0v) is 32.8. The van der Waals surface area contributed by atoms with Crippen molar-refractivity contribution in [1.82, 2.24) is 0 Å². The zero-order chi connectivity index (χ0) is 38.8. The summed E-state index contributed by atoms with van der Waals surface area (Å²) < 4.78 is 23.5. The van der Waals surface area contributed by atoms with Gasteiger partial charge in [0, 0.05) is 17.3 Å². The van der Waals surface area contributed by atoms with Crippen LogP contribution in [-0.2, 0) is 18.9 Å². The molecule has 0 amide bonds. The van der Waals surface area contributed by atoms with Crippen molar-refractivity contribution >= 4 is 0 Å². The van der Waals surface area contributed by atoms with Crippen LogP contribution in [-0.4, -0.2) is 128 Å². The second kappa shape index (κ2) is 13.3. The summed E-state index contributed by atoms with van der Waals surface area (Å²) in [5, 5.41) is 86.6. The third kappa shape index (κ3) is 5.91. The number of aliphatic hydroxyl groups excluding tert-OH is 8. The van der Waals surface area contributed by atoms with E-state index >= 15 is 0 Å². The van der Waals surface area contributed by atoms with Crippen LogP contribution in [0, 0.1) is 44.3 Å². The molecule has 0 aromatic carbocycles. The highest BCUT2D eigenvalue weighted by Crippen LogP contribution is 2.74. The molecule has 18 unspecified atom stereocenters. The molecular weight excluding hydrogens is 684 g/mol. The molecule has 0 spiro atoms. The highest BCUT2D eigenvalue weighted by atomic mass is 16.7. The Hall–Kier alpha value is -1.00. The fourth-order valence-electron chi connectivity index (χ4n) is 12.6. The van der Waals surface area contributed by atoms with E-state index in [9.17, 15) is 40.9 Å². The normalized spacial score (nSPS) is 54.7. The summed E-state index contributed by atoms with van der Waals surface area (Å²) in [5.74, 6) is 0.117. The van der Waals surface area contributed by atoms with Crippen LogP contribution in [0.1, 0.15) is 100 Å². The number of fused-ring (bicyclic) bond motifs is 6. The highest BCUT2D eigenvalue weighted by molar-refractivity contribution is 5.46. The smallest absolute Gasteiger partial charge is 0.186 e. The fourth-order valence-corrected chi connectivity index (χ4v) is 12.6. The van der Waals surface area contributed by atoms with Gasteiger partial charge in [-0.3, -0.25) is 0 Å². The minimum Gasteiger partial charge on any atom is -0.392 e. The van der Waals surface area contributed by atoms with E-state index in [1.165, 1.54) is 11.1 Å². The first kappa shape index (κ1) is 40.2. The molecule has 3 saturated carbocycles. The Morgan fingerprint density at radius 2 is 1.45 bits per heavy atom. The van der Waals surface area contributed by atoms with Crippen molar-refractivity contribution in [3.05, 3.63) is 23.3 Å². The van der Waals surface area contributed by atoms with Crippen LogP contribution >= 0.6 is 0 Å².